The fourth-order valence-electron chi connectivity index (χ4n) is 3.78. The smallest absolute Gasteiger partial charge is 0.198 e. The summed E-state index contributed by atoms with van der Waals surface area (Å²) in [6, 6.07) is 4.04. The highest BCUT2D eigenvalue weighted by Gasteiger charge is 2.22. The van der Waals surface area contributed by atoms with Crippen molar-refractivity contribution in [2.45, 2.75) is 47.1 Å². The number of aryl methyl sites for hydroxylation is 3. The zero-order valence-electron chi connectivity index (χ0n) is 14.2. The molecule has 1 aliphatic rings. The molecule has 1 unspecified atom stereocenters. The lowest BCUT2D eigenvalue weighted by atomic mass is 9.98. The number of hydrogen-bond acceptors (Lipinski definition) is 1. The van der Waals surface area contributed by atoms with Crippen LogP contribution in [0, 0.1) is 26.7 Å². The summed E-state index contributed by atoms with van der Waals surface area (Å²) >= 11 is 0. The largest absolute Gasteiger partial charge is 0.358 e. The molecule has 2 aromatic rings. The number of fused-ring (bicyclic) bond motifs is 1. The molecule has 0 saturated carbocycles. The van der Waals surface area contributed by atoms with Crippen LogP contribution in [0.5, 0.6) is 0 Å². The molecule has 22 heavy (non-hydrogen) atoms. The summed E-state index contributed by atoms with van der Waals surface area (Å²) < 4.78 is 0. The van der Waals surface area contributed by atoms with Gasteiger partial charge in [0.05, 0.1) is 24.2 Å². The van der Waals surface area contributed by atoms with E-state index in [2.05, 4.69) is 31.8 Å². The van der Waals surface area contributed by atoms with Gasteiger partial charge in [-0.25, -0.2) is 0 Å². The van der Waals surface area contributed by atoms with Gasteiger partial charge in [-0.2, -0.15) is 0 Å². The first-order chi connectivity index (χ1) is 10.5. The van der Waals surface area contributed by atoms with E-state index < -0.39 is 0 Å². The minimum Gasteiger partial charge on any atom is -0.358 e. The number of hydrogen-bond donors (Lipinski definition) is 2. The van der Waals surface area contributed by atoms with Crippen LogP contribution in [-0.2, 0) is 6.54 Å². The number of H-pyrrole nitrogens is 1. The molecule has 0 spiro atoms. The van der Waals surface area contributed by atoms with Gasteiger partial charge in [0.2, 0.25) is 0 Å². The van der Waals surface area contributed by atoms with E-state index in [0.717, 1.165) is 34.6 Å². The lowest BCUT2D eigenvalue weighted by molar-refractivity contribution is -0.922. The zero-order valence-corrected chi connectivity index (χ0v) is 14.2. The second-order valence-electron chi connectivity index (χ2n) is 7.12. The molecular weight excluding hydrogens is 272 g/mol. The summed E-state index contributed by atoms with van der Waals surface area (Å²) in [7, 11) is 0. The predicted molar refractivity (Wildman–Crippen MR) is 91.6 cm³/mol. The van der Waals surface area contributed by atoms with E-state index in [4.69, 9.17) is 0 Å². The van der Waals surface area contributed by atoms with Crippen molar-refractivity contribution in [2.24, 2.45) is 5.92 Å². The maximum Gasteiger partial charge on any atom is 0.198 e. The highest BCUT2D eigenvalue weighted by atomic mass is 16.1. The zero-order chi connectivity index (χ0) is 15.9. The molecule has 0 bridgehead atoms. The van der Waals surface area contributed by atoms with Crippen molar-refractivity contribution < 1.29 is 4.90 Å². The van der Waals surface area contributed by atoms with Gasteiger partial charge in [-0.3, -0.25) is 4.79 Å². The van der Waals surface area contributed by atoms with Crippen molar-refractivity contribution in [3.63, 3.8) is 0 Å². The Hall–Kier alpha value is -1.61. The van der Waals surface area contributed by atoms with Gasteiger partial charge in [-0.15, -0.1) is 0 Å². The van der Waals surface area contributed by atoms with Crippen LogP contribution < -0.4 is 10.3 Å². The van der Waals surface area contributed by atoms with Crippen LogP contribution in [-0.4, -0.2) is 18.1 Å². The number of piperidine rings is 1. The molecule has 0 radical (unpaired) electrons. The molecule has 1 aliphatic heterocycles. The maximum atomic E-state index is 12.9. The summed E-state index contributed by atoms with van der Waals surface area (Å²) in [6.07, 6.45) is 2.61. The van der Waals surface area contributed by atoms with Gasteiger partial charge >= 0.3 is 0 Å². The average molecular weight is 299 g/mol. The molecule has 0 aliphatic carbocycles. The van der Waals surface area contributed by atoms with Gasteiger partial charge in [-0.05, 0) is 50.8 Å². The number of pyridine rings is 1. The Morgan fingerprint density at radius 2 is 2.05 bits per heavy atom. The van der Waals surface area contributed by atoms with E-state index in [1.165, 1.54) is 37.1 Å². The molecule has 3 nitrogen and oxygen atoms in total. The Morgan fingerprint density at radius 1 is 1.27 bits per heavy atom. The van der Waals surface area contributed by atoms with Gasteiger partial charge in [-0.1, -0.05) is 13.0 Å². The second-order valence-corrected chi connectivity index (χ2v) is 7.12. The Morgan fingerprint density at radius 3 is 2.77 bits per heavy atom. The molecule has 3 rings (SSSR count). The monoisotopic (exact) mass is 299 g/mol. The molecule has 1 aromatic heterocycles. The molecule has 0 amide bonds. The minimum absolute atomic E-state index is 0.222. The number of aromatic amines is 1. The van der Waals surface area contributed by atoms with Gasteiger partial charge in [0.25, 0.3) is 0 Å². The van der Waals surface area contributed by atoms with E-state index in [9.17, 15) is 4.79 Å². The number of benzene rings is 1. The molecule has 1 fully saturated rings. The SMILES string of the molecule is Cc1ccc2c(=O)c(C[NH+]3CCC[C@H](C)C3)c(C)[nH]c2c1C. The third kappa shape index (κ3) is 2.70. The van der Waals surface area contributed by atoms with Gasteiger partial charge < -0.3 is 9.88 Å². The third-order valence-corrected chi connectivity index (χ3v) is 5.31. The Bertz CT molecular complexity index is 760. The van der Waals surface area contributed by atoms with Crippen molar-refractivity contribution in [3.8, 4) is 0 Å². The fraction of sp³-hybridized carbons (Fsp3) is 0.526. The van der Waals surface area contributed by atoms with Crippen LogP contribution in [0.1, 0.15) is 42.1 Å². The molecule has 2 N–H and O–H groups in total. The number of rotatable bonds is 2. The van der Waals surface area contributed by atoms with Crippen molar-refractivity contribution in [3.05, 3.63) is 44.7 Å². The van der Waals surface area contributed by atoms with E-state index in [-0.39, 0.29) is 5.43 Å². The lowest BCUT2D eigenvalue weighted by Gasteiger charge is -2.28. The molecule has 2 atom stereocenters. The summed E-state index contributed by atoms with van der Waals surface area (Å²) in [5, 5.41) is 0.841. The first-order valence-electron chi connectivity index (χ1n) is 8.42. The Balaban J connectivity index is 2.03. The van der Waals surface area contributed by atoms with E-state index in [1.54, 1.807) is 4.90 Å². The van der Waals surface area contributed by atoms with Gasteiger partial charge in [0, 0.05) is 17.0 Å². The van der Waals surface area contributed by atoms with E-state index in [0.29, 0.717) is 0 Å². The summed E-state index contributed by atoms with van der Waals surface area (Å²) in [5.74, 6) is 0.772. The van der Waals surface area contributed by atoms with Crippen molar-refractivity contribution >= 4 is 10.9 Å². The van der Waals surface area contributed by atoms with Crippen LogP contribution in [0.4, 0.5) is 0 Å². The Labute approximate surface area is 132 Å². The maximum absolute atomic E-state index is 12.9. The summed E-state index contributed by atoms with van der Waals surface area (Å²) in [6.45, 7) is 11.8. The topological polar surface area (TPSA) is 37.3 Å². The quantitative estimate of drug-likeness (QED) is 0.877. The first-order valence-corrected chi connectivity index (χ1v) is 8.42. The molecule has 1 aromatic carbocycles. The Kier molecular flexibility index (Phi) is 4.09. The summed E-state index contributed by atoms with van der Waals surface area (Å²) in [5.41, 5.74) is 5.65. The van der Waals surface area contributed by atoms with Crippen molar-refractivity contribution in [2.75, 3.05) is 13.1 Å². The van der Waals surface area contributed by atoms with Gasteiger partial charge in [0.1, 0.15) is 6.54 Å². The third-order valence-electron chi connectivity index (χ3n) is 5.31. The highest BCUT2D eigenvalue weighted by Crippen LogP contribution is 2.18. The predicted octanol–water partition coefficient (Wildman–Crippen LogP) is 2.27. The number of likely N-dealkylation sites (tertiary alicyclic amines) is 1. The number of aromatic nitrogens is 1. The van der Waals surface area contributed by atoms with Crippen molar-refractivity contribution in [1.29, 1.82) is 0 Å². The van der Waals surface area contributed by atoms with Gasteiger partial charge in [0.15, 0.2) is 5.43 Å². The normalized spacial score (nSPS) is 22.2. The lowest BCUT2D eigenvalue weighted by Crippen LogP contribution is -3.12. The van der Waals surface area contributed by atoms with Crippen molar-refractivity contribution in [1.82, 2.24) is 4.98 Å². The molecule has 1 saturated heterocycles. The van der Waals surface area contributed by atoms with E-state index >= 15 is 0 Å². The van der Waals surface area contributed by atoms with Crippen LogP contribution in [0.3, 0.4) is 0 Å². The van der Waals surface area contributed by atoms with Crippen LogP contribution in [0.2, 0.25) is 0 Å². The minimum atomic E-state index is 0.222. The molecule has 3 heteroatoms. The molecule has 2 heterocycles. The second kappa shape index (κ2) is 5.88. The molecule has 118 valence electrons. The molecular formula is C19H27N2O+. The number of nitrogens with one attached hydrogen (secondary N) is 2. The summed E-state index contributed by atoms with van der Waals surface area (Å²) in [4.78, 5) is 18.0. The van der Waals surface area contributed by atoms with Crippen LogP contribution >= 0.6 is 0 Å². The average Bonchev–Trinajstić information content (AvgIpc) is 2.48. The fourth-order valence-corrected chi connectivity index (χ4v) is 3.78. The van der Waals surface area contributed by atoms with Crippen LogP contribution in [0.15, 0.2) is 16.9 Å². The highest BCUT2D eigenvalue weighted by molar-refractivity contribution is 5.83. The van der Waals surface area contributed by atoms with Crippen LogP contribution in [0.25, 0.3) is 10.9 Å². The van der Waals surface area contributed by atoms with E-state index in [1.807, 2.05) is 13.0 Å². The number of quaternary nitrogens is 1. The first kappa shape index (κ1) is 15.3. The standard InChI is InChI=1S/C19H26N2O/c1-12-6-5-9-21(10-12)11-17-15(4)20-18-14(3)13(2)7-8-16(18)19(17)22/h7-8,12H,5-6,9-11H2,1-4H3,(H,20,22)/p+1/t12-/m0/s1.